The van der Waals surface area contributed by atoms with Gasteiger partial charge in [-0.15, -0.1) is 16.4 Å². The zero-order chi connectivity index (χ0) is 20.3. The van der Waals surface area contributed by atoms with Gasteiger partial charge in [-0.1, -0.05) is 5.10 Å². The second kappa shape index (κ2) is 8.15. The van der Waals surface area contributed by atoms with E-state index >= 15 is 0 Å². The van der Waals surface area contributed by atoms with E-state index in [1.165, 1.54) is 23.5 Å². The van der Waals surface area contributed by atoms with Crippen LogP contribution in [0.2, 0.25) is 0 Å². The number of amides is 1. The number of thiazole rings is 1. The van der Waals surface area contributed by atoms with Gasteiger partial charge in [0.05, 0.1) is 21.3 Å². The zero-order valence-electron chi connectivity index (χ0n) is 15.1. The second-order valence-corrected chi connectivity index (χ2v) is 9.30. The van der Waals surface area contributed by atoms with E-state index in [-0.39, 0.29) is 35.4 Å². The summed E-state index contributed by atoms with van der Waals surface area (Å²) in [5, 5.41) is 11.0. The number of nitrogens with zero attached hydrogens (tertiary/aromatic N) is 3. The molecule has 0 spiro atoms. The molecule has 2 aromatic heterocycles. The molecule has 0 saturated heterocycles. The number of benzene rings is 1. The van der Waals surface area contributed by atoms with Crippen LogP contribution < -0.4 is 5.32 Å². The summed E-state index contributed by atoms with van der Waals surface area (Å²) in [6.45, 7) is 3.68. The van der Waals surface area contributed by atoms with E-state index in [0.717, 1.165) is 27.7 Å². The highest BCUT2D eigenvalue weighted by Gasteiger charge is 2.18. The molecular formula is C17H17FN4O4S2. The molecule has 8 nitrogen and oxygen atoms in total. The smallest absolute Gasteiger partial charge is 0.322 e. The maximum Gasteiger partial charge on any atom is 0.322 e. The molecule has 0 saturated carbocycles. The number of anilines is 1. The van der Waals surface area contributed by atoms with Crippen molar-refractivity contribution in [2.45, 2.75) is 31.6 Å². The Balaban J connectivity index is 1.54. The lowest BCUT2D eigenvalue weighted by Gasteiger charge is -2.04. The summed E-state index contributed by atoms with van der Waals surface area (Å²) in [4.78, 5) is 17.0. The van der Waals surface area contributed by atoms with Crippen molar-refractivity contribution in [3.8, 4) is 10.8 Å². The van der Waals surface area contributed by atoms with Crippen LogP contribution >= 0.6 is 11.3 Å². The first kappa shape index (κ1) is 20.1. The predicted molar refractivity (Wildman–Crippen MR) is 101 cm³/mol. The van der Waals surface area contributed by atoms with Crippen molar-refractivity contribution in [1.82, 2.24) is 15.2 Å². The highest BCUT2D eigenvalue weighted by Crippen LogP contribution is 2.29. The van der Waals surface area contributed by atoms with Gasteiger partial charge in [0.15, 0.2) is 9.84 Å². The van der Waals surface area contributed by atoms with Gasteiger partial charge in [0.25, 0.3) is 5.89 Å². The first-order valence-electron chi connectivity index (χ1n) is 8.31. The highest BCUT2D eigenvalue weighted by atomic mass is 32.2. The van der Waals surface area contributed by atoms with Crippen LogP contribution in [-0.2, 0) is 14.6 Å². The van der Waals surface area contributed by atoms with E-state index in [0.29, 0.717) is 0 Å². The molecule has 0 atom stereocenters. The van der Waals surface area contributed by atoms with E-state index in [9.17, 15) is 17.6 Å². The summed E-state index contributed by atoms with van der Waals surface area (Å²) >= 11 is 1.40. The summed E-state index contributed by atoms with van der Waals surface area (Å²) in [6, 6.07) is 4.51. The van der Waals surface area contributed by atoms with Gasteiger partial charge in [-0.05, 0) is 44.5 Å². The van der Waals surface area contributed by atoms with Crippen LogP contribution in [-0.4, -0.2) is 35.3 Å². The Morgan fingerprint density at radius 3 is 2.57 bits per heavy atom. The summed E-state index contributed by atoms with van der Waals surface area (Å²) in [7, 11) is -3.58. The van der Waals surface area contributed by atoms with Crippen molar-refractivity contribution in [2.24, 2.45) is 0 Å². The molecule has 28 heavy (non-hydrogen) atoms. The van der Waals surface area contributed by atoms with E-state index in [2.05, 4.69) is 20.5 Å². The summed E-state index contributed by atoms with van der Waals surface area (Å²) in [6.07, 6.45) is 0.0521. The molecule has 0 radical (unpaired) electrons. The van der Waals surface area contributed by atoms with Gasteiger partial charge in [-0.2, -0.15) is 0 Å². The molecule has 3 aromatic rings. The molecule has 0 aliphatic rings. The maximum absolute atomic E-state index is 12.9. The van der Waals surface area contributed by atoms with E-state index in [1.54, 1.807) is 0 Å². The number of halogens is 1. The molecule has 0 bridgehead atoms. The minimum atomic E-state index is -3.58. The normalized spacial score (nSPS) is 11.5. The molecule has 0 fully saturated rings. The average molecular weight is 424 g/mol. The molecule has 148 valence electrons. The lowest BCUT2D eigenvalue weighted by molar-refractivity contribution is -0.116. The lowest BCUT2D eigenvalue weighted by atomic mass is 10.3. The topological polar surface area (TPSA) is 115 Å². The van der Waals surface area contributed by atoms with Crippen LogP contribution in [0.3, 0.4) is 0 Å². The summed E-state index contributed by atoms with van der Waals surface area (Å²) < 4.78 is 42.7. The number of aromatic nitrogens is 3. The molecule has 11 heteroatoms. The molecule has 0 aliphatic carbocycles. The SMILES string of the molecule is Cc1nc(C)c(-c2nnc(NC(=O)CCCS(=O)(=O)c3ccc(F)cc3)o2)s1. The lowest BCUT2D eigenvalue weighted by Crippen LogP contribution is -2.14. The number of hydrogen-bond donors (Lipinski definition) is 1. The van der Waals surface area contributed by atoms with Gasteiger partial charge >= 0.3 is 6.01 Å². The van der Waals surface area contributed by atoms with E-state index in [1.807, 2.05) is 13.8 Å². The van der Waals surface area contributed by atoms with Crippen molar-refractivity contribution in [2.75, 3.05) is 11.1 Å². The molecule has 0 unspecified atom stereocenters. The van der Waals surface area contributed by atoms with Gasteiger partial charge in [0.1, 0.15) is 10.7 Å². The van der Waals surface area contributed by atoms with Gasteiger partial charge in [-0.25, -0.2) is 17.8 Å². The maximum atomic E-state index is 12.9. The van der Waals surface area contributed by atoms with Crippen LogP contribution in [0, 0.1) is 19.7 Å². The fraction of sp³-hybridized carbons (Fsp3) is 0.294. The van der Waals surface area contributed by atoms with Crippen LogP contribution in [0.25, 0.3) is 10.8 Å². The number of rotatable bonds is 7. The van der Waals surface area contributed by atoms with Crippen molar-refractivity contribution < 1.29 is 22.0 Å². The van der Waals surface area contributed by atoms with Gasteiger partial charge in [-0.3, -0.25) is 10.1 Å². The Morgan fingerprint density at radius 1 is 1.21 bits per heavy atom. The minimum Gasteiger partial charge on any atom is -0.402 e. The number of aryl methyl sites for hydroxylation is 2. The molecule has 1 amide bonds. The largest absolute Gasteiger partial charge is 0.402 e. The van der Waals surface area contributed by atoms with Gasteiger partial charge < -0.3 is 4.42 Å². The first-order chi connectivity index (χ1) is 13.2. The molecular weight excluding hydrogens is 407 g/mol. The van der Waals surface area contributed by atoms with Crippen LogP contribution in [0.4, 0.5) is 10.4 Å². The number of carbonyl (C=O) groups excluding carboxylic acids is 1. The second-order valence-electron chi connectivity index (χ2n) is 5.98. The standard InChI is InChI=1S/C17H17FN4O4S2/c1-10-15(27-11(2)19-10)16-21-22-17(26-16)20-14(23)4-3-9-28(24,25)13-7-5-12(18)6-8-13/h5-8H,3-4,9H2,1-2H3,(H,20,22,23). The Labute approximate surface area is 164 Å². The Hall–Kier alpha value is -2.66. The highest BCUT2D eigenvalue weighted by molar-refractivity contribution is 7.91. The third kappa shape index (κ3) is 4.78. The van der Waals surface area contributed by atoms with Crippen LogP contribution in [0.15, 0.2) is 33.6 Å². The third-order valence-electron chi connectivity index (χ3n) is 3.76. The van der Waals surface area contributed by atoms with Gasteiger partial charge in [0.2, 0.25) is 5.91 Å². The quantitative estimate of drug-likeness (QED) is 0.579. The van der Waals surface area contributed by atoms with Crippen LogP contribution in [0.5, 0.6) is 0 Å². The van der Waals surface area contributed by atoms with Gasteiger partial charge in [0, 0.05) is 6.42 Å². The van der Waals surface area contributed by atoms with Crippen molar-refractivity contribution >= 4 is 33.1 Å². The van der Waals surface area contributed by atoms with E-state index < -0.39 is 21.6 Å². The first-order valence-corrected chi connectivity index (χ1v) is 10.8. The Kier molecular flexibility index (Phi) is 5.84. The molecule has 2 heterocycles. The third-order valence-corrected chi connectivity index (χ3v) is 6.64. The fourth-order valence-electron chi connectivity index (χ4n) is 2.46. The van der Waals surface area contributed by atoms with Crippen molar-refractivity contribution in [3.05, 3.63) is 40.8 Å². The number of nitrogens with one attached hydrogen (secondary N) is 1. The number of hydrogen-bond acceptors (Lipinski definition) is 8. The molecule has 1 N–H and O–H groups in total. The number of sulfone groups is 1. The number of carbonyl (C=O) groups is 1. The Morgan fingerprint density at radius 2 is 1.93 bits per heavy atom. The molecule has 0 aliphatic heterocycles. The molecule has 1 aromatic carbocycles. The molecule has 3 rings (SSSR count). The van der Waals surface area contributed by atoms with Crippen LogP contribution in [0.1, 0.15) is 23.5 Å². The Bertz CT molecular complexity index is 1090. The predicted octanol–water partition coefficient (Wildman–Crippen LogP) is 3.14. The minimum absolute atomic E-state index is 0.0195. The van der Waals surface area contributed by atoms with E-state index in [4.69, 9.17) is 4.42 Å². The van der Waals surface area contributed by atoms with Crippen molar-refractivity contribution in [1.29, 1.82) is 0 Å². The average Bonchev–Trinajstić information content (AvgIpc) is 3.20. The summed E-state index contributed by atoms with van der Waals surface area (Å²) in [5.41, 5.74) is 0.759. The zero-order valence-corrected chi connectivity index (χ0v) is 16.7. The monoisotopic (exact) mass is 424 g/mol. The fourth-order valence-corrected chi connectivity index (χ4v) is 4.61. The van der Waals surface area contributed by atoms with Crippen molar-refractivity contribution in [3.63, 3.8) is 0 Å². The summed E-state index contributed by atoms with van der Waals surface area (Å²) in [5.74, 6) is -0.930.